The van der Waals surface area contributed by atoms with Crippen molar-refractivity contribution in [2.75, 3.05) is 31.3 Å². The first-order valence-electron chi connectivity index (χ1n) is 8.30. The van der Waals surface area contributed by atoms with Gasteiger partial charge in [-0.2, -0.15) is 0 Å². The molecule has 0 saturated heterocycles. The lowest BCUT2D eigenvalue weighted by atomic mass is 10.1. The van der Waals surface area contributed by atoms with E-state index in [0.29, 0.717) is 17.2 Å². The molecule has 27 heavy (non-hydrogen) atoms. The van der Waals surface area contributed by atoms with Gasteiger partial charge in [0.2, 0.25) is 15.9 Å². The Morgan fingerprint density at radius 2 is 1.81 bits per heavy atom. The number of para-hydroxylation sites is 1. The summed E-state index contributed by atoms with van der Waals surface area (Å²) in [4.78, 5) is 12.5. The van der Waals surface area contributed by atoms with E-state index < -0.39 is 15.9 Å². The van der Waals surface area contributed by atoms with Gasteiger partial charge in [-0.05, 0) is 25.1 Å². The number of nitrogens with one attached hydrogen (secondary N) is 1. The molecular weight excluding hydrogens is 368 g/mol. The highest BCUT2D eigenvalue weighted by Crippen LogP contribution is 2.25. The fourth-order valence-electron chi connectivity index (χ4n) is 2.69. The number of nitrogens with zero attached hydrogens (tertiary/aromatic N) is 1. The summed E-state index contributed by atoms with van der Waals surface area (Å²) in [7, 11) is -0.610. The molecule has 0 aromatic heterocycles. The van der Waals surface area contributed by atoms with E-state index in [0.717, 1.165) is 16.1 Å². The number of ether oxygens (including phenoxy) is 2. The van der Waals surface area contributed by atoms with E-state index in [1.54, 1.807) is 37.4 Å². The zero-order valence-corrected chi connectivity index (χ0v) is 16.6. The van der Waals surface area contributed by atoms with Crippen LogP contribution in [0.1, 0.15) is 18.5 Å². The molecule has 0 heterocycles. The largest absolute Gasteiger partial charge is 0.497 e. The average Bonchev–Trinajstić information content (AvgIpc) is 2.65. The Labute approximate surface area is 160 Å². The molecule has 0 aliphatic heterocycles. The van der Waals surface area contributed by atoms with Gasteiger partial charge in [-0.1, -0.05) is 24.3 Å². The molecule has 146 valence electrons. The standard InChI is InChI=1S/C19H24N2O5S/c1-14(17-10-5-6-11-18(17)26-3)20-19(22)13-21(27(4,23)24)15-8-7-9-16(12-15)25-2/h5-12,14H,13H2,1-4H3,(H,20,22). The molecule has 2 aromatic carbocycles. The third-order valence-corrected chi connectivity index (χ3v) is 5.15. The highest BCUT2D eigenvalue weighted by molar-refractivity contribution is 7.92. The summed E-state index contributed by atoms with van der Waals surface area (Å²) in [5.41, 5.74) is 1.16. The normalized spacial score (nSPS) is 12.1. The van der Waals surface area contributed by atoms with Crippen LogP contribution in [0.4, 0.5) is 5.69 Å². The lowest BCUT2D eigenvalue weighted by Gasteiger charge is -2.24. The second kappa shape index (κ2) is 8.77. The van der Waals surface area contributed by atoms with E-state index in [-0.39, 0.29) is 12.6 Å². The lowest BCUT2D eigenvalue weighted by molar-refractivity contribution is -0.120. The molecule has 0 saturated carbocycles. The number of sulfonamides is 1. The summed E-state index contributed by atoms with van der Waals surface area (Å²) in [6.45, 7) is 1.47. The number of hydrogen-bond donors (Lipinski definition) is 1. The Kier molecular flexibility index (Phi) is 6.68. The third-order valence-electron chi connectivity index (χ3n) is 4.01. The number of anilines is 1. The zero-order chi connectivity index (χ0) is 20.0. The van der Waals surface area contributed by atoms with Crippen LogP contribution in [0.15, 0.2) is 48.5 Å². The van der Waals surface area contributed by atoms with Gasteiger partial charge in [-0.25, -0.2) is 8.42 Å². The summed E-state index contributed by atoms with van der Waals surface area (Å²) in [5.74, 6) is 0.726. The summed E-state index contributed by atoms with van der Waals surface area (Å²) in [5, 5.41) is 2.82. The van der Waals surface area contributed by atoms with Gasteiger partial charge in [0.15, 0.2) is 0 Å². The van der Waals surface area contributed by atoms with E-state index in [1.807, 2.05) is 25.1 Å². The van der Waals surface area contributed by atoms with Crippen LogP contribution in [0.5, 0.6) is 11.5 Å². The fraction of sp³-hybridized carbons (Fsp3) is 0.316. The minimum Gasteiger partial charge on any atom is -0.497 e. The van der Waals surface area contributed by atoms with Gasteiger partial charge in [-0.3, -0.25) is 9.10 Å². The molecule has 1 N–H and O–H groups in total. The minimum absolute atomic E-state index is 0.342. The number of carbonyl (C=O) groups is 1. The highest BCUT2D eigenvalue weighted by Gasteiger charge is 2.23. The van der Waals surface area contributed by atoms with Crippen molar-refractivity contribution in [3.05, 3.63) is 54.1 Å². The van der Waals surface area contributed by atoms with E-state index in [4.69, 9.17) is 9.47 Å². The van der Waals surface area contributed by atoms with Gasteiger partial charge in [0, 0.05) is 11.6 Å². The van der Waals surface area contributed by atoms with Crippen molar-refractivity contribution < 1.29 is 22.7 Å². The Bertz CT molecular complexity index is 898. The quantitative estimate of drug-likeness (QED) is 0.745. The zero-order valence-electron chi connectivity index (χ0n) is 15.8. The Balaban J connectivity index is 2.19. The van der Waals surface area contributed by atoms with Crippen LogP contribution in [0, 0.1) is 0 Å². The molecule has 0 radical (unpaired) electrons. The summed E-state index contributed by atoms with van der Waals surface area (Å²) in [6, 6.07) is 13.5. The Morgan fingerprint density at radius 1 is 1.11 bits per heavy atom. The van der Waals surface area contributed by atoms with E-state index in [1.165, 1.54) is 7.11 Å². The average molecular weight is 392 g/mol. The van der Waals surface area contributed by atoms with Gasteiger partial charge in [0.1, 0.15) is 18.0 Å². The number of hydrogen-bond acceptors (Lipinski definition) is 5. The SMILES string of the molecule is COc1cccc(N(CC(=O)NC(C)c2ccccc2OC)S(C)(=O)=O)c1. The number of benzene rings is 2. The molecule has 1 amide bonds. The number of amides is 1. The van der Waals surface area contributed by atoms with E-state index in [2.05, 4.69) is 5.32 Å². The maximum Gasteiger partial charge on any atom is 0.241 e. The molecule has 8 heteroatoms. The van der Waals surface area contributed by atoms with Crippen molar-refractivity contribution >= 4 is 21.6 Å². The summed E-state index contributed by atoms with van der Waals surface area (Å²) >= 11 is 0. The van der Waals surface area contributed by atoms with Crippen molar-refractivity contribution in [1.82, 2.24) is 5.32 Å². The fourth-order valence-corrected chi connectivity index (χ4v) is 3.53. The monoisotopic (exact) mass is 392 g/mol. The molecule has 7 nitrogen and oxygen atoms in total. The maximum atomic E-state index is 12.5. The lowest BCUT2D eigenvalue weighted by Crippen LogP contribution is -2.41. The van der Waals surface area contributed by atoms with Gasteiger partial charge >= 0.3 is 0 Å². The molecule has 2 rings (SSSR count). The van der Waals surface area contributed by atoms with Crippen LogP contribution in [0.2, 0.25) is 0 Å². The van der Waals surface area contributed by atoms with Gasteiger partial charge in [-0.15, -0.1) is 0 Å². The van der Waals surface area contributed by atoms with Crippen molar-refractivity contribution in [2.24, 2.45) is 0 Å². The highest BCUT2D eigenvalue weighted by atomic mass is 32.2. The van der Waals surface area contributed by atoms with E-state index >= 15 is 0 Å². The first kappa shape index (κ1) is 20.6. The second-order valence-corrected chi connectivity index (χ2v) is 7.91. The van der Waals surface area contributed by atoms with Crippen LogP contribution in [0.3, 0.4) is 0 Å². The first-order valence-corrected chi connectivity index (χ1v) is 10.1. The van der Waals surface area contributed by atoms with Crippen LogP contribution in [0.25, 0.3) is 0 Å². The molecule has 0 fully saturated rings. The van der Waals surface area contributed by atoms with E-state index in [9.17, 15) is 13.2 Å². The van der Waals surface area contributed by atoms with Gasteiger partial charge < -0.3 is 14.8 Å². The molecule has 1 unspecified atom stereocenters. The van der Waals surface area contributed by atoms with Crippen molar-refractivity contribution in [2.45, 2.75) is 13.0 Å². The van der Waals surface area contributed by atoms with Crippen molar-refractivity contribution in [1.29, 1.82) is 0 Å². The number of carbonyl (C=O) groups excluding carboxylic acids is 1. The number of methoxy groups -OCH3 is 2. The van der Waals surface area contributed by atoms with Crippen LogP contribution in [-0.2, 0) is 14.8 Å². The molecule has 1 atom stereocenters. The Morgan fingerprint density at radius 3 is 2.44 bits per heavy atom. The molecule has 2 aromatic rings. The second-order valence-electron chi connectivity index (χ2n) is 6.00. The molecule has 0 spiro atoms. The van der Waals surface area contributed by atoms with Crippen molar-refractivity contribution in [3.8, 4) is 11.5 Å². The predicted molar refractivity (Wildman–Crippen MR) is 105 cm³/mol. The molecular formula is C19H24N2O5S. The molecule has 0 aliphatic rings. The first-order chi connectivity index (χ1) is 12.8. The third kappa shape index (κ3) is 5.37. The summed E-state index contributed by atoms with van der Waals surface area (Å²) in [6.07, 6.45) is 1.06. The van der Waals surface area contributed by atoms with Gasteiger partial charge in [0.05, 0.1) is 32.2 Å². The van der Waals surface area contributed by atoms with Gasteiger partial charge in [0.25, 0.3) is 0 Å². The topological polar surface area (TPSA) is 84.9 Å². The smallest absolute Gasteiger partial charge is 0.241 e. The molecule has 0 bridgehead atoms. The molecule has 0 aliphatic carbocycles. The van der Waals surface area contributed by atoms with Crippen molar-refractivity contribution in [3.63, 3.8) is 0 Å². The minimum atomic E-state index is -3.66. The van der Waals surface area contributed by atoms with Crippen LogP contribution >= 0.6 is 0 Å². The van der Waals surface area contributed by atoms with Crippen LogP contribution in [-0.4, -0.2) is 41.3 Å². The van der Waals surface area contributed by atoms with Crippen LogP contribution < -0.4 is 19.1 Å². The number of rotatable bonds is 8. The Hall–Kier alpha value is -2.74. The summed E-state index contributed by atoms with van der Waals surface area (Å²) < 4.78 is 35.9. The maximum absolute atomic E-state index is 12.5. The predicted octanol–water partition coefficient (Wildman–Crippen LogP) is 2.35.